The summed E-state index contributed by atoms with van der Waals surface area (Å²) >= 11 is 0. The summed E-state index contributed by atoms with van der Waals surface area (Å²) in [5.41, 5.74) is 1.65. The van der Waals surface area contributed by atoms with Crippen LogP contribution in [0.5, 0.6) is 11.5 Å². The van der Waals surface area contributed by atoms with Gasteiger partial charge in [-0.05, 0) is 24.6 Å². The van der Waals surface area contributed by atoms with Crippen molar-refractivity contribution >= 4 is 6.47 Å². The fourth-order valence-corrected chi connectivity index (χ4v) is 1.93. The molecule has 0 atom stereocenters. The average molecular weight is 321 g/mol. The summed E-state index contributed by atoms with van der Waals surface area (Å²) in [4.78, 5) is 12.4. The highest BCUT2D eigenvalue weighted by Crippen LogP contribution is 2.36. The van der Waals surface area contributed by atoms with Gasteiger partial charge in [-0.3, -0.25) is 9.78 Å². The molecule has 0 saturated carbocycles. The van der Waals surface area contributed by atoms with Crippen molar-refractivity contribution in [1.82, 2.24) is 4.98 Å². The first-order valence-corrected chi connectivity index (χ1v) is 7.16. The molecule has 0 saturated heterocycles. The number of carboxylic acid groups (broad SMARTS) is 1. The molecule has 0 aliphatic carbocycles. The van der Waals surface area contributed by atoms with E-state index in [0.29, 0.717) is 18.1 Å². The summed E-state index contributed by atoms with van der Waals surface area (Å²) in [6.45, 7) is 2.40. The van der Waals surface area contributed by atoms with Gasteiger partial charge in [-0.15, -0.1) is 0 Å². The minimum atomic E-state index is -0.312. The Morgan fingerprint density at radius 1 is 1.26 bits per heavy atom. The van der Waals surface area contributed by atoms with E-state index >= 15 is 0 Å². The van der Waals surface area contributed by atoms with Gasteiger partial charge in [-0.25, -0.2) is 4.39 Å². The van der Waals surface area contributed by atoms with Crippen LogP contribution in [0.2, 0.25) is 0 Å². The Hall–Kier alpha value is -2.63. The predicted molar refractivity (Wildman–Crippen MR) is 85.3 cm³/mol. The smallest absolute Gasteiger partial charge is 0.290 e. The number of ether oxygens (including phenoxy) is 2. The molecule has 0 aliphatic rings. The first-order chi connectivity index (χ1) is 11.2. The number of hydrogen-bond acceptors (Lipinski definition) is 4. The van der Waals surface area contributed by atoms with Crippen LogP contribution in [-0.2, 0) is 4.79 Å². The fourth-order valence-electron chi connectivity index (χ4n) is 1.93. The Bertz CT molecular complexity index is 619. The number of pyridine rings is 1. The highest BCUT2D eigenvalue weighted by Gasteiger charge is 2.12. The van der Waals surface area contributed by atoms with Crippen molar-refractivity contribution in [2.75, 3.05) is 13.7 Å². The molecule has 1 aromatic carbocycles. The van der Waals surface area contributed by atoms with Crippen molar-refractivity contribution in [3.63, 3.8) is 0 Å². The quantitative estimate of drug-likeness (QED) is 0.648. The van der Waals surface area contributed by atoms with E-state index in [1.165, 1.54) is 12.1 Å². The van der Waals surface area contributed by atoms with E-state index in [-0.39, 0.29) is 12.3 Å². The maximum Gasteiger partial charge on any atom is 0.290 e. The molecule has 2 rings (SSSR count). The Labute approximate surface area is 134 Å². The summed E-state index contributed by atoms with van der Waals surface area (Å²) in [7, 11) is 1.58. The number of benzene rings is 1. The van der Waals surface area contributed by atoms with Crippen molar-refractivity contribution in [2.45, 2.75) is 19.8 Å². The fraction of sp³-hybridized carbons (Fsp3) is 0.294. The first kappa shape index (κ1) is 18.4. The van der Waals surface area contributed by atoms with Gasteiger partial charge in [0.1, 0.15) is 17.3 Å². The van der Waals surface area contributed by atoms with E-state index in [9.17, 15) is 4.39 Å². The van der Waals surface area contributed by atoms with Crippen LogP contribution in [0.3, 0.4) is 0 Å². The topological polar surface area (TPSA) is 68.7 Å². The third kappa shape index (κ3) is 5.58. The van der Waals surface area contributed by atoms with Crippen molar-refractivity contribution in [2.24, 2.45) is 0 Å². The number of unbranched alkanes of at least 4 members (excludes halogenated alkanes) is 1. The Balaban J connectivity index is 0.000000816. The Kier molecular flexibility index (Phi) is 8.13. The zero-order valence-corrected chi connectivity index (χ0v) is 13.2. The summed E-state index contributed by atoms with van der Waals surface area (Å²) in [6.07, 6.45) is 5.28. The average Bonchev–Trinajstić information content (AvgIpc) is 2.56. The van der Waals surface area contributed by atoms with Crippen LogP contribution in [0.4, 0.5) is 4.39 Å². The van der Waals surface area contributed by atoms with E-state index in [2.05, 4.69) is 11.9 Å². The molecule has 124 valence electrons. The first-order valence-electron chi connectivity index (χ1n) is 7.16. The minimum absolute atomic E-state index is 0.250. The lowest BCUT2D eigenvalue weighted by Gasteiger charge is -2.13. The maximum atomic E-state index is 13.4. The number of carbonyl (C=O) groups is 1. The van der Waals surface area contributed by atoms with Crippen LogP contribution >= 0.6 is 0 Å². The standard InChI is InChI=1S/C16H18FNO2.CH2O2/c1-3-4-9-20-15-10-12(17)5-6-13(15)14-7-8-18-11-16(14)19-2;2-1-3/h5-8,10-11H,3-4,9H2,1-2H3;1H,(H,2,3). The third-order valence-electron chi connectivity index (χ3n) is 2.99. The number of nitrogens with zero attached hydrogens (tertiary/aromatic N) is 1. The molecular weight excluding hydrogens is 301 g/mol. The van der Waals surface area contributed by atoms with E-state index < -0.39 is 0 Å². The summed E-state index contributed by atoms with van der Waals surface area (Å²) in [5, 5.41) is 6.89. The van der Waals surface area contributed by atoms with E-state index in [0.717, 1.165) is 24.0 Å². The number of methoxy groups -OCH3 is 1. The number of hydrogen-bond donors (Lipinski definition) is 1. The van der Waals surface area contributed by atoms with Gasteiger partial charge in [0.25, 0.3) is 6.47 Å². The molecule has 1 aromatic heterocycles. The lowest BCUT2D eigenvalue weighted by Crippen LogP contribution is -1.99. The van der Waals surface area contributed by atoms with Crippen LogP contribution in [0.25, 0.3) is 11.1 Å². The second-order valence-corrected chi connectivity index (χ2v) is 4.52. The van der Waals surface area contributed by atoms with Gasteiger partial charge >= 0.3 is 0 Å². The zero-order valence-electron chi connectivity index (χ0n) is 13.2. The van der Waals surface area contributed by atoms with Gasteiger partial charge in [0, 0.05) is 23.4 Å². The van der Waals surface area contributed by atoms with Crippen LogP contribution in [0.15, 0.2) is 36.7 Å². The van der Waals surface area contributed by atoms with Gasteiger partial charge in [0.05, 0.1) is 19.9 Å². The van der Waals surface area contributed by atoms with E-state index in [1.807, 2.05) is 6.07 Å². The van der Waals surface area contributed by atoms with Crippen molar-refractivity contribution in [3.05, 3.63) is 42.5 Å². The monoisotopic (exact) mass is 321 g/mol. The van der Waals surface area contributed by atoms with E-state index in [1.54, 1.807) is 25.6 Å². The molecule has 23 heavy (non-hydrogen) atoms. The summed E-state index contributed by atoms with van der Waals surface area (Å²) in [6, 6.07) is 6.36. The molecule has 1 heterocycles. The highest BCUT2D eigenvalue weighted by molar-refractivity contribution is 5.75. The van der Waals surface area contributed by atoms with Crippen LogP contribution in [-0.4, -0.2) is 30.3 Å². The van der Waals surface area contributed by atoms with Gasteiger partial charge < -0.3 is 14.6 Å². The molecule has 1 N–H and O–H groups in total. The van der Waals surface area contributed by atoms with Gasteiger partial charge in [0.2, 0.25) is 0 Å². The van der Waals surface area contributed by atoms with Crippen molar-refractivity contribution in [1.29, 1.82) is 0 Å². The lowest BCUT2D eigenvalue weighted by molar-refractivity contribution is -0.122. The van der Waals surface area contributed by atoms with Gasteiger partial charge in [-0.2, -0.15) is 0 Å². The van der Waals surface area contributed by atoms with Crippen LogP contribution in [0.1, 0.15) is 19.8 Å². The normalized spacial score (nSPS) is 9.52. The molecule has 0 bridgehead atoms. The largest absolute Gasteiger partial charge is 0.494 e. The molecule has 0 fully saturated rings. The summed E-state index contributed by atoms with van der Waals surface area (Å²) in [5.74, 6) is 0.857. The molecule has 6 heteroatoms. The number of halogens is 1. The third-order valence-corrected chi connectivity index (χ3v) is 2.99. The van der Waals surface area contributed by atoms with Gasteiger partial charge in [0.15, 0.2) is 0 Å². The number of aromatic nitrogens is 1. The molecule has 0 spiro atoms. The molecule has 5 nitrogen and oxygen atoms in total. The van der Waals surface area contributed by atoms with Crippen molar-refractivity contribution < 1.29 is 23.8 Å². The maximum absolute atomic E-state index is 13.4. The lowest BCUT2D eigenvalue weighted by atomic mass is 10.0. The molecule has 2 aromatic rings. The highest BCUT2D eigenvalue weighted by atomic mass is 19.1. The SMILES string of the molecule is CCCCOc1cc(F)ccc1-c1ccncc1OC.O=CO. The second-order valence-electron chi connectivity index (χ2n) is 4.52. The van der Waals surface area contributed by atoms with Crippen LogP contribution in [0, 0.1) is 5.82 Å². The molecule has 0 radical (unpaired) electrons. The zero-order chi connectivity index (χ0) is 17.1. The van der Waals surface area contributed by atoms with Gasteiger partial charge in [-0.1, -0.05) is 13.3 Å². The minimum Gasteiger partial charge on any atom is -0.494 e. The molecule has 0 aliphatic heterocycles. The Morgan fingerprint density at radius 3 is 2.61 bits per heavy atom. The Morgan fingerprint density at radius 2 is 1.96 bits per heavy atom. The van der Waals surface area contributed by atoms with Crippen molar-refractivity contribution in [3.8, 4) is 22.6 Å². The molecule has 0 amide bonds. The van der Waals surface area contributed by atoms with Crippen LogP contribution < -0.4 is 9.47 Å². The summed E-state index contributed by atoms with van der Waals surface area (Å²) < 4.78 is 24.4. The van der Waals surface area contributed by atoms with E-state index in [4.69, 9.17) is 19.4 Å². The number of rotatable bonds is 6. The molecule has 0 unspecified atom stereocenters. The molecular formula is C17H20FNO4. The predicted octanol–water partition coefficient (Wildman–Crippen LogP) is 3.78. The second kappa shape index (κ2) is 10.2.